The van der Waals surface area contributed by atoms with Crippen molar-refractivity contribution in [2.24, 2.45) is 0 Å². The number of carbonyl (C=O) groups excluding carboxylic acids is 2. The first-order valence-corrected chi connectivity index (χ1v) is 8.53. The normalized spacial score (nSPS) is 12.6. The number of rotatable bonds is 6. The molecule has 0 radical (unpaired) electrons. The van der Waals surface area contributed by atoms with E-state index >= 15 is 0 Å². The van der Waals surface area contributed by atoms with Crippen molar-refractivity contribution in [2.75, 3.05) is 11.9 Å². The molecule has 0 unspecified atom stereocenters. The van der Waals surface area contributed by atoms with Crippen LogP contribution in [0.15, 0.2) is 48.5 Å². The minimum Gasteiger partial charge on any atom is -0.452 e. The molecule has 1 aliphatic carbocycles. The molecule has 0 heterocycles. The summed E-state index contributed by atoms with van der Waals surface area (Å²) < 4.78 is 4.88. The molecule has 27 heavy (non-hydrogen) atoms. The predicted molar refractivity (Wildman–Crippen MR) is 100 cm³/mol. The first-order chi connectivity index (χ1) is 13.0. The van der Waals surface area contributed by atoms with E-state index in [9.17, 15) is 19.7 Å². The minimum absolute atomic E-state index is 0.115. The number of nitrogens with one attached hydrogen (secondary N) is 1. The number of fused-ring (bicyclic) bond motifs is 1. The van der Waals surface area contributed by atoms with Crippen LogP contribution in [0.3, 0.4) is 0 Å². The average Bonchev–Trinajstić information content (AvgIpc) is 3.12. The molecule has 0 atom stereocenters. The van der Waals surface area contributed by atoms with Gasteiger partial charge in [-0.3, -0.25) is 14.9 Å². The fraction of sp³-hybridized carbons (Fsp3) is 0.200. The largest absolute Gasteiger partial charge is 0.452 e. The van der Waals surface area contributed by atoms with Gasteiger partial charge in [-0.2, -0.15) is 0 Å². The van der Waals surface area contributed by atoms with E-state index in [1.54, 1.807) is 6.07 Å². The molecule has 7 heteroatoms. The van der Waals surface area contributed by atoms with E-state index < -0.39 is 23.4 Å². The number of hydrogen-bond donors (Lipinski definition) is 1. The molecule has 2 aromatic rings. The molecule has 0 fully saturated rings. The van der Waals surface area contributed by atoms with Gasteiger partial charge in [-0.25, -0.2) is 4.79 Å². The van der Waals surface area contributed by atoms with Gasteiger partial charge in [0, 0.05) is 17.8 Å². The van der Waals surface area contributed by atoms with Crippen molar-refractivity contribution < 1.29 is 19.2 Å². The van der Waals surface area contributed by atoms with Crippen molar-refractivity contribution in [2.45, 2.75) is 19.3 Å². The van der Waals surface area contributed by atoms with Gasteiger partial charge in [-0.1, -0.05) is 18.2 Å². The molecule has 3 rings (SSSR count). The van der Waals surface area contributed by atoms with Gasteiger partial charge in [0.15, 0.2) is 6.61 Å². The number of hydrogen-bond acceptors (Lipinski definition) is 5. The van der Waals surface area contributed by atoms with Crippen LogP contribution in [0.1, 0.15) is 23.1 Å². The van der Waals surface area contributed by atoms with Gasteiger partial charge < -0.3 is 10.1 Å². The van der Waals surface area contributed by atoms with Crippen LogP contribution in [0.2, 0.25) is 0 Å². The van der Waals surface area contributed by atoms with Gasteiger partial charge in [0.1, 0.15) is 0 Å². The lowest BCUT2D eigenvalue weighted by molar-refractivity contribution is -0.385. The van der Waals surface area contributed by atoms with Crippen LogP contribution in [0.5, 0.6) is 0 Å². The Balaban J connectivity index is 1.52. The standard InChI is InChI=1S/C20H18N2O5/c23-19(21-17-10-8-14-5-3-6-16(14)12-17)13-27-20(24)11-9-15-4-1-2-7-18(15)22(25)26/h1-2,4,7-12H,3,5-6,13H2,(H,21,23)/b11-9+. The Morgan fingerprint density at radius 2 is 1.93 bits per heavy atom. The Morgan fingerprint density at radius 3 is 2.74 bits per heavy atom. The zero-order valence-electron chi connectivity index (χ0n) is 14.5. The maximum absolute atomic E-state index is 11.9. The molecule has 1 aliphatic rings. The summed E-state index contributed by atoms with van der Waals surface area (Å²) in [4.78, 5) is 34.1. The summed E-state index contributed by atoms with van der Waals surface area (Å²) in [5.74, 6) is -1.20. The molecule has 1 amide bonds. The van der Waals surface area contributed by atoms with Crippen LogP contribution < -0.4 is 5.32 Å². The molecule has 138 valence electrons. The third-order valence-electron chi connectivity index (χ3n) is 4.26. The SMILES string of the molecule is O=C(COC(=O)/C=C/c1ccccc1[N+](=O)[O-])Nc1ccc2c(c1)CCC2. The van der Waals surface area contributed by atoms with Crippen molar-refractivity contribution in [3.8, 4) is 0 Å². The topological polar surface area (TPSA) is 98.5 Å². The fourth-order valence-corrected chi connectivity index (χ4v) is 2.98. The molecular weight excluding hydrogens is 348 g/mol. The van der Waals surface area contributed by atoms with Gasteiger partial charge in [0.2, 0.25) is 0 Å². The number of para-hydroxylation sites is 1. The van der Waals surface area contributed by atoms with E-state index in [0.29, 0.717) is 5.69 Å². The highest BCUT2D eigenvalue weighted by atomic mass is 16.6. The molecule has 0 aliphatic heterocycles. The number of benzene rings is 2. The summed E-state index contributed by atoms with van der Waals surface area (Å²) in [7, 11) is 0. The third-order valence-corrected chi connectivity index (χ3v) is 4.26. The Labute approximate surface area is 155 Å². The molecule has 0 saturated carbocycles. The molecular formula is C20H18N2O5. The fourth-order valence-electron chi connectivity index (χ4n) is 2.98. The van der Waals surface area contributed by atoms with E-state index in [2.05, 4.69) is 5.32 Å². The maximum Gasteiger partial charge on any atom is 0.331 e. The number of aryl methyl sites for hydroxylation is 2. The second-order valence-corrected chi connectivity index (χ2v) is 6.14. The monoisotopic (exact) mass is 366 g/mol. The summed E-state index contributed by atoms with van der Waals surface area (Å²) in [6, 6.07) is 11.8. The highest BCUT2D eigenvalue weighted by molar-refractivity contribution is 5.94. The molecule has 0 saturated heterocycles. The second kappa shape index (κ2) is 8.27. The van der Waals surface area contributed by atoms with E-state index in [4.69, 9.17) is 4.74 Å². The predicted octanol–water partition coefficient (Wildman–Crippen LogP) is 3.28. The lowest BCUT2D eigenvalue weighted by Gasteiger charge is -2.07. The summed E-state index contributed by atoms with van der Waals surface area (Å²) in [6.07, 6.45) is 5.54. The number of nitrogens with zero attached hydrogens (tertiary/aromatic N) is 1. The molecule has 7 nitrogen and oxygen atoms in total. The van der Waals surface area contributed by atoms with Gasteiger partial charge in [0.05, 0.1) is 10.5 Å². The van der Waals surface area contributed by atoms with Crippen molar-refractivity contribution in [3.05, 3.63) is 75.3 Å². The molecule has 0 bridgehead atoms. The molecule has 1 N–H and O–H groups in total. The highest BCUT2D eigenvalue weighted by Crippen LogP contribution is 2.24. The van der Waals surface area contributed by atoms with E-state index in [1.165, 1.54) is 35.4 Å². The molecule has 0 aromatic heterocycles. The number of nitro groups is 1. The summed E-state index contributed by atoms with van der Waals surface area (Å²) in [5.41, 5.74) is 3.38. The van der Waals surface area contributed by atoms with Crippen LogP contribution in [0, 0.1) is 10.1 Å². The summed E-state index contributed by atoms with van der Waals surface area (Å²) in [5, 5.41) is 13.6. The van der Waals surface area contributed by atoms with E-state index in [1.807, 2.05) is 18.2 Å². The zero-order valence-corrected chi connectivity index (χ0v) is 14.5. The number of esters is 1. The number of nitro benzene ring substituents is 1. The smallest absolute Gasteiger partial charge is 0.331 e. The number of amides is 1. The average molecular weight is 366 g/mol. The van der Waals surface area contributed by atoms with Gasteiger partial charge in [0.25, 0.3) is 11.6 Å². The Hall–Kier alpha value is -3.48. The maximum atomic E-state index is 11.9. The third kappa shape index (κ3) is 4.78. The Morgan fingerprint density at radius 1 is 1.15 bits per heavy atom. The lowest BCUT2D eigenvalue weighted by Crippen LogP contribution is -2.20. The Kier molecular flexibility index (Phi) is 5.61. The van der Waals surface area contributed by atoms with Gasteiger partial charge in [-0.05, 0) is 54.7 Å². The first kappa shape index (κ1) is 18.3. The number of carbonyl (C=O) groups is 2. The molecule has 2 aromatic carbocycles. The first-order valence-electron chi connectivity index (χ1n) is 8.53. The van der Waals surface area contributed by atoms with Gasteiger partial charge >= 0.3 is 5.97 Å². The van der Waals surface area contributed by atoms with E-state index in [-0.39, 0.29) is 11.3 Å². The summed E-state index contributed by atoms with van der Waals surface area (Å²) >= 11 is 0. The Bertz CT molecular complexity index is 920. The van der Waals surface area contributed by atoms with Crippen molar-refractivity contribution >= 4 is 29.3 Å². The van der Waals surface area contributed by atoms with Crippen molar-refractivity contribution in [3.63, 3.8) is 0 Å². The summed E-state index contributed by atoms with van der Waals surface area (Å²) in [6.45, 7) is -0.433. The van der Waals surface area contributed by atoms with E-state index in [0.717, 1.165) is 25.3 Å². The van der Waals surface area contributed by atoms with Crippen LogP contribution in [-0.2, 0) is 27.2 Å². The quantitative estimate of drug-likeness (QED) is 0.366. The van der Waals surface area contributed by atoms with Crippen LogP contribution in [0.25, 0.3) is 6.08 Å². The zero-order chi connectivity index (χ0) is 19.2. The van der Waals surface area contributed by atoms with Crippen LogP contribution in [0.4, 0.5) is 11.4 Å². The highest BCUT2D eigenvalue weighted by Gasteiger charge is 2.13. The van der Waals surface area contributed by atoms with Crippen molar-refractivity contribution in [1.29, 1.82) is 0 Å². The number of anilines is 1. The van der Waals surface area contributed by atoms with Crippen molar-refractivity contribution in [1.82, 2.24) is 0 Å². The minimum atomic E-state index is -0.753. The van der Waals surface area contributed by atoms with Crippen LogP contribution >= 0.6 is 0 Å². The van der Waals surface area contributed by atoms with Gasteiger partial charge in [-0.15, -0.1) is 0 Å². The molecule has 0 spiro atoms. The second-order valence-electron chi connectivity index (χ2n) is 6.14. The lowest BCUT2D eigenvalue weighted by atomic mass is 10.1. The van der Waals surface area contributed by atoms with Crippen LogP contribution in [-0.4, -0.2) is 23.4 Å². The number of ether oxygens (including phenoxy) is 1.